The van der Waals surface area contributed by atoms with Gasteiger partial charge in [-0.05, 0) is 35.9 Å². The van der Waals surface area contributed by atoms with E-state index in [0.717, 1.165) is 12.1 Å². The molecule has 122 valence electrons. The van der Waals surface area contributed by atoms with Gasteiger partial charge in [0.2, 0.25) is 0 Å². The van der Waals surface area contributed by atoms with Crippen molar-refractivity contribution in [3.63, 3.8) is 0 Å². The zero-order chi connectivity index (χ0) is 17.0. The lowest BCUT2D eigenvalue weighted by Gasteiger charge is -2.13. The van der Waals surface area contributed by atoms with Crippen molar-refractivity contribution in [2.24, 2.45) is 0 Å². The SMILES string of the molecule is O=C(NC[C@H](O)c1ccc(F)c(F)c1)Nc1ccc(Cl)c(Cl)c1. The lowest BCUT2D eigenvalue weighted by Crippen LogP contribution is -2.32. The number of benzene rings is 2. The monoisotopic (exact) mass is 360 g/mol. The van der Waals surface area contributed by atoms with Crippen molar-refractivity contribution in [1.29, 1.82) is 0 Å². The fourth-order valence-electron chi connectivity index (χ4n) is 1.78. The minimum atomic E-state index is -1.18. The number of aliphatic hydroxyl groups excluding tert-OH is 1. The number of amides is 2. The van der Waals surface area contributed by atoms with E-state index in [1.165, 1.54) is 18.2 Å². The first kappa shape index (κ1) is 17.5. The molecule has 0 spiro atoms. The van der Waals surface area contributed by atoms with Gasteiger partial charge in [-0.25, -0.2) is 13.6 Å². The molecule has 2 amide bonds. The Morgan fingerprint density at radius 1 is 1.09 bits per heavy atom. The Bertz CT molecular complexity index is 729. The van der Waals surface area contributed by atoms with Crippen LogP contribution in [0.25, 0.3) is 0 Å². The quantitative estimate of drug-likeness (QED) is 0.767. The highest BCUT2D eigenvalue weighted by atomic mass is 35.5. The Balaban J connectivity index is 1.90. The number of halogens is 4. The summed E-state index contributed by atoms with van der Waals surface area (Å²) in [5.74, 6) is -2.08. The van der Waals surface area contributed by atoms with Crippen LogP contribution in [0.5, 0.6) is 0 Å². The normalized spacial score (nSPS) is 11.9. The Morgan fingerprint density at radius 3 is 2.48 bits per heavy atom. The highest BCUT2D eigenvalue weighted by Crippen LogP contribution is 2.25. The zero-order valence-electron chi connectivity index (χ0n) is 11.6. The molecule has 0 fully saturated rings. The van der Waals surface area contributed by atoms with Gasteiger partial charge < -0.3 is 15.7 Å². The van der Waals surface area contributed by atoms with E-state index in [9.17, 15) is 18.7 Å². The molecular weight excluding hydrogens is 349 g/mol. The smallest absolute Gasteiger partial charge is 0.319 e. The molecule has 0 saturated carbocycles. The van der Waals surface area contributed by atoms with E-state index >= 15 is 0 Å². The molecule has 8 heteroatoms. The van der Waals surface area contributed by atoms with E-state index in [1.54, 1.807) is 6.07 Å². The molecule has 1 atom stereocenters. The summed E-state index contributed by atoms with van der Waals surface area (Å²) < 4.78 is 25.9. The van der Waals surface area contributed by atoms with Crippen LogP contribution < -0.4 is 10.6 Å². The number of aliphatic hydroxyl groups is 1. The van der Waals surface area contributed by atoms with Gasteiger partial charge in [0.05, 0.1) is 16.1 Å². The zero-order valence-corrected chi connectivity index (χ0v) is 13.1. The number of carbonyl (C=O) groups excluding carboxylic acids is 1. The molecule has 0 aliphatic rings. The van der Waals surface area contributed by atoms with E-state index in [1.807, 2.05) is 0 Å². The van der Waals surface area contributed by atoms with E-state index in [0.29, 0.717) is 10.7 Å². The summed E-state index contributed by atoms with van der Waals surface area (Å²) in [5, 5.41) is 15.4. The number of carbonyl (C=O) groups is 1. The molecule has 0 radical (unpaired) electrons. The summed E-state index contributed by atoms with van der Waals surface area (Å²) >= 11 is 11.6. The highest BCUT2D eigenvalue weighted by molar-refractivity contribution is 6.42. The van der Waals surface area contributed by atoms with Crippen molar-refractivity contribution in [2.45, 2.75) is 6.10 Å². The molecule has 23 heavy (non-hydrogen) atoms. The van der Waals surface area contributed by atoms with E-state index in [-0.39, 0.29) is 17.1 Å². The van der Waals surface area contributed by atoms with Crippen LogP contribution in [0.15, 0.2) is 36.4 Å². The summed E-state index contributed by atoms with van der Waals surface area (Å²) in [6, 6.07) is 6.97. The Morgan fingerprint density at radius 2 is 1.83 bits per heavy atom. The molecule has 0 unspecified atom stereocenters. The van der Waals surface area contributed by atoms with Crippen LogP contribution in [0.2, 0.25) is 10.0 Å². The van der Waals surface area contributed by atoms with Gasteiger partial charge in [0.15, 0.2) is 11.6 Å². The first-order valence-corrected chi connectivity index (χ1v) is 7.25. The Labute approximate surface area is 141 Å². The van der Waals surface area contributed by atoms with Gasteiger partial charge in [0.25, 0.3) is 0 Å². The van der Waals surface area contributed by atoms with Gasteiger partial charge in [-0.2, -0.15) is 0 Å². The standard InChI is InChI=1S/C15H12Cl2F2N2O2/c16-10-3-2-9(6-11(10)17)21-15(23)20-7-14(22)8-1-4-12(18)13(19)5-8/h1-6,14,22H,7H2,(H2,20,21,23)/t14-/m0/s1. The van der Waals surface area contributed by atoms with Crippen LogP contribution in [0.4, 0.5) is 19.3 Å². The van der Waals surface area contributed by atoms with Crippen molar-refractivity contribution in [2.75, 3.05) is 11.9 Å². The molecule has 0 aliphatic heterocycles. The Kier molecular flexibility index (Phi) is 5.76. The number of hydrogen-bond acceptors (Lipinski definition) is 2. The predicted molar refractivity (Wildman–Crippen MR) is 84.8 cm³/mol. The van der Waals surface area contributed by atoms with Crippen LogP contribution >= 0.6 is 23.2 Å². The number of urea groups is 1. The van der Waals surface area contributed by atoms with Crippen molar-refractivity contribution >= 4 is 34.9 Å². The lowest BCUT2D eigenvalue weighted by atomic mass is 10.1. The first-order valence-electron chi connectivity index (χ1n) is 6.49. The van der Waals surface area contributed by atoms with E-state index in [4.69, 9.17) is 23.2 Å². The molecule has 0 aromatic heterocycles. The van der Waals surface area contributed by atoms with Crippen molar-refractivity contribution in [1.82, 2.24) is 5.32 Å². The van der Waals surface area contributed by atoms with Gasteiger partial charge in [-0.15, -0.1) is 0 Å². The van der Waals surface area contributed by atoms with Gasteiger partial charge in [-0.1, -0.05) is 29.3 Å². The van der Waals surface area contributed by atoms with Crippen LogP contribution in [0, 0.1) is 11.6 Å². The van der Waals surface area contributed by atoms with Gasteiger partial charge in [0, 0.05) is 12.2 Å². The second-order valence-corrected chi connectivity index (χ2v) is 5.47. The summed E-state index contributed by atoms with van der Waals surface area (Å²) in [5.41, 5.74) is 0.568. The molecule has 4 nitrogen and oxygen atoms in total. The minimum Gasteiger partial charge on any atom is -0.387 e. The van der Waals surface area contributed by atoms with E-state index in [2.05, 4.69) is 10.6 Å². The van der Waals surface area contributed by atoms with Crippen LogP contribution in [-0.4, -0.2) is 17.7 Å². The third-order valence-corrected chi connectivity index (χ3v) is 3.70. The molecule has 2 aromatic carbocycles. The van der Waals surface area contributed by atoms with Crippen LogP contribution in [0.3, 0.4) is 0 Å². The number of anilines is 1. The van der Waals surface area contributed by atoms with Gasteiger partial charge in [-0.3, -0.25) is 0 Å². The maximum absolute atomic E-state index is 13.1. The molecule has 0 aliphatic carbocycles. The summed E-state index contributed by atoms with van der Waals surface area (Å²) in [6.07, 6.45) is -1.18. The lowest BCUT2D eigenvalue weighted by molar-refractivity contribution is 0.174. The number of nitrogens with one attached hydrogen (secondary N) is 2. The molecule has 2 aromatic rings. The van der Waals surface area contributed by atoms with Crippen molar-refractivity contribution in [3.8, 4) is 0 Å². The van der Waals surface area contributed by atoms with Crippen LogP contribution in [0.1, 0.15) is 11.7 Å². The predicted octanol–water partition coefficient (Wildman–Crippen LogP) is 4.13. The maximum atomic E-state index is 13.1. The van der Waals surface area contributed by atoms with E-state index < -0.39 is 23.8 Å². The average molecular weight is 361 g/mol. The van der Waals surface area contributed by atoms with Crippen LogP contribution in [-0.2, 0) is 0 Å². The third-order valence-electron chi connectivity index (χ3n) is 2.96. The summed E-state index contributed by atoms with van der Waals surface area (Å²) in [4.78, 5) is 11.7. The van der Waals surface area contributed by atoms with Crippen molar-refractivity contribution in [3.05, 3.63) is 63.6 Å². The van der Waals surface area contributed by atoms with Crippen molar-refractivity contribution < 1.29 is 18.7 Å². The molecule has 2 rings (SSSR count). The second-order valence-electron chi connectivity index (χ2n) is 4.65. The highest BCUT2D eigenvalue weighted by Gasteiger charge is 2.12. The third kappa shape index (κ3) is 4.79. The number of hydrogen-bond donors (Lipinski definition) is 3. The topological polar surface area (TPSA) is 61.4 Å². The van der Waals surface area contributed by atoms with Gasteiger partial charge >= 0.3 is 6.03 Å². The van der Waals surface area contributed by atoms with Gasteiger partial charge in [0.1, 0.15) is 0 Å². The molecule has 0 heterocycles. The first-order chi connectivity index (χ1) is 10.9. The fraction of sp³-hybridized carbons (Fsp3) is 0.133. The minimum absolute atomic E-state index is 0.152. The molecular formula is C15H12Cl2F2N2O2. The molecule has 0 bridgehead atoms. The Hall–Kier alpha value is -1.89. The summed E-state index contributed by atoms with van der Waals surface area (Å²) in [6.45, 7) is -0.182. The second kappa shape index (κ2) is 7.59. The number of rotatable bonds is 4. The fourth-order valence-corrected chi connectivity index (χ4v) is 2.07. The average Bonchev–Trinajstić information content (AvgIpc) is 2.51. The molecule has 0 saturated heterocycles. The summed E-state index contributed by atoms with van der Waals surface area (Å²) in [7, 11) is 0. The molecule has 3 N–H and O–H groups in total. The largest absolute Gasteiger partial charge is 0.387 e. The maximum Gasteiger partial charge on any atom is 0.319 e.